The third kappa shape index (κ3) is 59.7. The number of hydrogen-bond acceptors (Lipinski definition) is 15. The fraction of sp³-hybridized carbons (Fsp3) is 0.940. The first kappa shape index (κ1) is 84.1. The normalized spacial score (nSPS) is 14.7. The summed E-state index contributed by atoms with van der Waals surface area (Å²) in [6.07, 6.45) is 37.7. The van der Waals surface area contributed by atoms with Crippen molar-refractivity contribution in [3.05, 3.63) is 0 Å². The van der Waals surface area contributed by atoms with Crippen LogP contribution in [0.2, 0.25) is 0 Å². The van der Waals surface area contributed by atoms with E-state index in [4.69, 9.17) is 37.0 Å². The van der Waals surface area contributed by atoms with Crippen molar-refractivity contribution >= 4 is 39.5 Å². The predicted octanol–water partition coefficient (Wildman–Crippen LogP) is 18.5. The first-order valence-electron chi connectivity index (χ1n) is 34.7. The molecule has 0 spiro atoms. The maximum absolute atomic E-state index is 13.0. The van der Waals surface area contributed by atoms with E-state index in [1.165, 1.54) is 122 Å². The SMILES string of the molecule is CCC(C)CCCCCCCCCCCCC(=O)OC[C@H](COP(=O)(O)OC[C@@H](O)COP(=O)(O)OC[C@@H](COC(=O)CCCCCCCCC(C)C)OC(=O)CCCCCCCCCCCCC(C)C)OC(=O)CCCCCCCCCC(C)C. The third-order valence-electron chi connectivity index (χ3n) is 15.7. The third-order valence-corrected chi connectivity index (χ3v) is 17.6. The molecule has 0 aromatic carbocycles. The van der Waals surface area contributed by atoms with Crippen molar-refractivity contribution in [2.75, 3.05) is 39.6 Å². The maximum Gasteiger partial charge on any atom is 0.472 e. The number of phosphoric acid groups is 2. The van der Waals surface area contributed by atoms with Crippen LogP contribution in [0, 0.1) is 23.7 Å². The molecular weight excluding hydrogens is 1140 g/mol. The molecule has 0 saturated heterocycles. The van der Waals surface area contributed by atoms with Crippen molar-refractivity contribution in [2.24, 2.45) is 23.7 Å². The minimum Gasteiger partial charge on any atom is -0.462 e. The Balaban J connectivity index is 5.23. The first-order chi connectivity index (χ1) is 41.1. The summed E-state index contributed by atoms with van der Waals surface area (Å²) in [6.45, 7) is 14.0. The summed E-state index contributed by atoms with van der Waals surface area (Å²) in [4.78, 5) is 72.3. The number of aliphatic hydroxyl groups is 1. The molecule has 17 nitrogen and oxygen atoms in total. The summed E-state index contributed by atoms with van der Waals surface area (Å²) < 4.78 is 68.1. The highest BCUT2D eigenvalue weighted by atomic mass is 31.2. The molecule has 19 heteroatoms. The van der Waals surface area contributed by atoms with Crippen molar-refractivity contribution in [1.29, 1.82) is 0 Å². The lowest BCUT2D eigenvalue weighted by atomic mass is 9.99. The van der Waals surface area contributed by atoms with E-state index in [1.807, 2.05) is 0 Å². The molecule has 0 saturated carbocycles. The van der Waals surface area contributed by atoms with Crippen LogP contribution in [-0.4, -0.2) is 96.7 Å². The number of phosphoric ester groups is 2. The van der Waals surface area contributed by atoms with E-state index in [9.17, 15) is 43.2 Å². The number of rotatable bonds is 64. The highest BCUT2D eigenvalue weighted by Gasteiger charge is 2.30. The standard InChI is InChI=1S/C67H130O17P2/c1-9-60(8)46-38-30-21-15-11-13-16-22-31-39-47-64(69)77-53-62(84-67(72)50-42-34-24-18-20-28-36-44-58(4)5)55-81-85(73,74)79-51-61(68)52-80-86(75,76)82-56-63(54-78-65(70)48-40-32-26-25-29-37-45-59(6)7)83-66(71)49-41-33-23-17-12-10-14-19-27-35-43-57(2)3/h57-63,68H,9-56H2,1-8H3,(H,73,74)(H,75,76)/t60?,61-,62-,63-/m1/s1. The van der Waals surface area contributed by atoms with Gasteiger partial charge in [0.25, 0.3) is 0 Å². The molecule has 0 amide bonds. The lowest BCUT2D eigenvalue weighted by Crippen LogP contribution is -2.30. The van der Waals surface area contributed by atoms with Gasteiger partial charge in [-0.25, -0.2) is 9.13 Å². The van der Waals surface area contributed by atoms with E-state index in [0.717, 1.165) is 108 Å². The van der Waals surface area contributed by atoms with Gasteiger partial charge in [0.1, 0.15) is 19.3 Å². The summed E-state index contributed by atoms with van der Waals surface area (Å²) in [5, 5.41) is 10.6. The smallest absolute Gasteiger partial charge is 0.462 e. The Kier molecular flexibility index (Phi) is 55.7. The number of esters is 4. The largest absolute Gasteiger partial charge is 0.472 e. The quantitative estimate of drug-likeness (QED) is 0.0222. The van der Waals surface area contributed by atoms with Crippen LogP contribution in [0.3, 0.4) is 0 Å². The van der Waals surface area contributed by atoms with Gasteiger partial charge in [0.2, 0.25) is 0 Å². The molecule has 0 rings (SSSR count). The van der Waals surface area contributed by atoms with E-state index >= 15 is 0 Å². The number of hydrogen-bond donors (Lipinski definition) is 3. The van der Waals surface area contributed by atoms with Crippen molar-refractivity contribution in [1.82, 2.24) is 0 Å². The number of aliphatic hydroxyl groups excluding tert-OH is 1. The van der Waals surface area contributed by atoms with E-state index in [-0.39, 0.29) is 25.7 Å². The van der Waals surface area contributed by atoms with Gasteiger partial charge < -0.3 is 33.8 Å². The van der Waals surface area contributed by atoms with Gasteiger partial charge in [0.05, 0.1) is 26.4 Å². The monoisotopic (exact) mass is 1270 g/mol. The Morgan fingerprint density at radius 3 is 0.826 bits per heavy atom. The molecule has 0 fully saturated rings. The molecule has 0 aromatic heterocycles. The molecule has 0 aliphatic rings. The van der Waals surface area contributed by atoms with Crippen LogP contribution >= 0.6 is 15.6 Å². The van der Waals surface area contributed by atoms with Gasteiger partial charge in [-0.1, -0.05) is 274 Å². The van der Waals surface area contributed by atoms with Crippen LogP contribution in [-0.2, 0) is 65.4 Å². The molecule has 0 bridgehead atoms. The van der Waals surface area contributed by atoms with Gasteiger partial charge in [-0.05, 0) is 49.4 Å². The van der Waals surface area contributed by atoms with Crippen molar-refractivity contribution < 1.29 is 80.2 Å². The van der Waals surface area contributed by atoms with Crippen molar-refractivity contribution in [3.63, 3.8) is 0 Å². The Hall–Kier alpha value is -1.94. The minimum atomic E-state index is -4.95. The lowest BCUT2D eigenvalue weighted by molar-refractivity contribution is -0.161. The summed E-state index contributed by atoms with van der Waals surface area (Å²) in [6, 6.07) is 0. The highest BCUT2D eigenvalue weighted by Crippen LogP contribution is 2.45. The fourth-order valence-corrected chi connectivity index (χ4v) is 11.5. The summed E-state index contributed by atoms with van der Waals surface area (Å²) in [5.74, 6) is 0.799. The summed E-state index contributed by atoms with van der Waals surface area (Å²) >= 11 is 0. The topological polar surface area (TPSA) is 237 Å². The molecule has 86 heavy (non-hydrogen) atoms. The zero-order valence-corrected chi connectivity index (χ0v) is 57.7. The number of unbranched alkanes of at least 4 members (excludes halogenated alkanes) is 29. The van der Waals surface area contributed by atoms with Crippen LogP contribution in [0.1, 0.15) is 325 Å². The number of ether oxygens (including phenoxy) is 4. The Morgan fingerprint density at radius 2 is 0.558 bits per heavy atom. The average Bonchev–Trinajstić information content (AvgIpc) is 3.63. The molecule has 0 radical (unpaired) electrons. The maximum atomic E-state index is 13.0. The molecule has 0 aromatic rings. The summed E-state index contributed by atoms with van der Waals surface area (Å²) in [7, 11) is -9.90. The second-order valence-corrected chi connectivity index (χ2v) is 28.8. The van der Waals surface area contributed by atoms with Gasteiger partial charge in [-0.15, -0.1) is 0 Å². The highest BCUT2D eigenvalue weighted by molar-refractivity contribution is 7.47. The molecule has 3 N–H and O–H groups in total. The van der Waals surface area contributed by atoms with Crippen molar-refractivity contribution in [3.8, 4) is 0 Å². The van der Waals surface area contributed by atoms with Crippen LogP contribution in [0.4, 0.5) is 0 Å². The van der Waals surface area contributed by atoms with Crippen molar-refractivity contribution in [2.45, 2.75) is 343 Å². The zero-order chi connectivity index (χ0) is 63.9. The van der Waals surface area contributed by atoms with E-state index in [1.54, 1.807) is 0 Å². The molecular formula is C67H130O17P2. The lowest BCUT2D eigenvalue weighted by Gasteiger charge is -2.21. The van der Waals surface area contributed by atoms with E-state index < -0.39 is 97.5 Å². The average molecular weight is 1270 g/mol. The van der Waals surface area contributed by atoms with Gasteiger partial charge in [-0.2, -0.15) is 0 Å². The molecule has 6 atom stereocenters. The minimum absolute atomic E-state index is 0.103. The predicted molar refractivity (Wildman–Crippen MR) is 344 cm³/mol. The Bertz CT molecular complexity index is 1720. The Labute approximate surface area is 524 Å². The fourth-order valence-electron chi connectivity index (χ4n) is 9.93. The number of carbonyl (C=O) groups excluding carboxylic acids is 4. The first-order valence-corrected chi connectivity index (χ1v) is 37.7. The van der Waals surface area contributed by atoms with E-state index in [0.29, 0.717) is 37.5 Å². The molecule has 510 valence electrons. The molecule has 0 aliphatic carbocycles. The van der Waals surface area contributed by atoms with Gasteiger partial charge in [0.15, 0.2) is 12.2 Å². The molecule has 3 unspecified atom stereocenters. The molecule has 0 heterocycles. The molecule has 0 aliphatic heterocycles. The van der Waals surface area contributed by atoms with Crippen LogP contribution in [0.5, 0.6) is 0 Å². The van der Waals surface area contributed by atoms with Gasteiger partial charge in [0, 0.05) is 25.7 Å². The summed E-state index contributed by atoms with van der Waals surface area (Å²) in [5.41, 5.74) is 0. The second-order valence-electron chi connectivity index (χ2n) is 25.9. The van der Waals surface area contributed by atoms with Crippen LogP contribution < -0.4 is 0 Å². The van der Waals surface area contributed by atoms with Gasteiger partial charge in [-0.3, -0.25) is 37.3 Å². The number of carbonyl (C=O) groups is 4. The van der Waals surface area contributed by atoms with Crippen LogP contribution in [0.25, 0.3) is 0 Å². The second kappa shape index (κ2) is 57.0. The van der Waals surface area contributed by atoms with Gasteiger partial charge >= 0.3 is 39.5 Å². The Morgan fingerprint density at radius 1 is 0.326 bits per heavy atom. The zero-order valence-electron chi connectivity index (χ0n) is 55.9. The van der Waals surface area contributed by atoms with Crippen LogP contribution in [0.15, 0.2) is 0 Å². The van der Waals surface area contributed by atoms with E-state index in [2.05, 4.69) is 55.4 Å².